The van der Waals surface area contributed by atoms with E-state index in [-0.39, 0.29) is 11.9 Å². The Morgan fingerprint density at radius 3 is 2.40 bits per heavy atom. The molecular formula is C17H15ClO2. The second kappa shape index (κ2) is 4.95. The van der Waals surface area contributed by atoms with Crippen molar-refractivity contribution in [2.75, 3.05) is 0 Å². The fourth-order valence-electron chi connectivity index (χ4n) is 2.87. The van der Waals surface area contributed by atoms with Crippen LogP contribution in [0.1, 0.15) is 30.4 Å². The van der Waals surface area contributed by atoms with Crippen molar-refractivity contribution in [1.29, 1.82) is 0 Å². The first-order valence-corrected chi connectivity index (χ1v) is 7.00. The Kier molecular flexibility index (Phi) is 3.27. The normalized spacial score (nSPS) is 25.5. The molecule has 0 aliphatic carbocycles. The monoisotopic (exact) mass is 286 g/mol. The molecule has 0 amide bonds. The Labute approximate surface area is 123 Å². The van der Waals surface area contributed by atoms with Crippen LogP contribution < -0.4 is 0 Å². The molecule has 102 valence electrons. The molecule has 1 saturated heterocycles. The molecule has 0 spiro atoms. The molecule has 0 N–H and O–H groups in total. The predicted octanol–water partition coefficient (Wildman–Crippen LogP) is 4.29. The number of carbonyl (C=O) groups excluding carboxylic acids is 1. The van der Waals surface area contributed by atoms with Crippen LogP contribution in [0.4, 0.5) is 0 Å². The van der Waals surface area contributed by atoms with Gasteiger partial charge in [-0.1, -0.05) is 54.1 Å². The largest absolute Gasteiger partial charge is 0.454 e. The maximum absolute atomic E-state index is 11.8. The highest BCUT2D eigenvalue weighted by atomic mass is 35.5. The van der Waals surface area contributed by atoms with E-state index in [4.69, 9.17) is 16.3 Å². The first kappa shape index (κ1) is 13.2. The van der Waals surface area contributed by atoms with Gasteiger partial charge in [-0.25, -0.2) is 0 Å². The Bertz CT molecular complexity index is 621. The lowest BCUT2D eigenvalue weighted by Crippen LogP contribution is -2.27. The quantitative estimate of drug-likeness (QED) is 0.770. The van der Waals surface area contributed by atoms with E-state index in [0.717, 1.165) is 11.1 Å². The zero-order valence-electron chi connectivity index (χ0n) is 11.2. The molecule has 1 aliphatic heterocycles. The molecule has 1 aliphatic rings. The topological polar surface area (TPSA) is 26.3 Å². The SMILES string of the molecule is C[C@@]1(c2ccc(Cl)cc2)OC(=O)C[C@H]1c1ccccc1. The lowest BCUT2D eigenvalue weighted by atomic mass is 9.79. The summed E-state index contributed by atoms with van der Waals surface area (Å²) in [5.41, 5.74) is 1.46. The van der Waals surface area contributed by atoms with Crippen LogP contribution >= 0.6 is 11.6 Å². The second-order valence-electron chi connectivity index (χ2n) is 5.26. The molecule has 2 aromatic carbocycles. The first-order chi connectivity index (χ1) is 9.59. The summed E-state index contributed by atoms with van der Waals surface area (Å²) < 4.78 is 5.66. The van der Waals surface area contributed by atoms with Gasteiger partial charge in [-0.2, -0.15) is 0 Å². The van der Waals surface area contributed by atoms with Crippen molar-refractivity contribution in [3.63, 3.8) is 0 Å². The fourth-order valence-corrected chi connectivity index (χ4v) is 3.00. The third kappa shape index (κ3) is 2.20. The van der Waals surface area contributed by atoms with Crippen molar-refractivity contribution < 1.29 is 9.53 Å². The van der Waals surface area contributed by atoms with Crippen LogP contribution in [0.25, 0.3) is 0 Å². The number of ether oxygens (including phenoxy) is 1. The average Bonchev–Trinajstić information content (AvgIpc) is 2.77. The molecule has 0 aromatic heterocycles. The minimum Gasteiger partial charge on any atom is -0.454 e. The molecule has 1 heterocycles. The summed E-state index contributed by atoms with van der Waals surface area (Å²) in [6.45, 7) is 1.97. The van der Waals surface area contributed by atoms with E-state index in [0.29, 0.717) is 11.4 Å². The summed E-state index contributed by atoms with van der Waals surface area (Å²) in [4.78, 5) is 11.8. The molecule has 2 nitrogen and oxygen atoms in total. The Morgan fingerprint density at radius 1 is 1.10 bits per heavy atom. The number of halogens is 1. The van der Waals surface area contributed by atoms with Crippen LogP contribution in [0.15, 0.2) is 54.6 Å². The van der Waals surface area contributed by atoms with E-state index in [9.17, 15) is 4.79 Å². The third-order valence-corrected chi connectivity index (χ3v) is 4.23. The number of esters is 1. The second-order valence-corrected chi connectivity index (χ2v) is 5.69. The molecule has 2 aromatic rings. The lowest BCUT2D eigenvalue weighted by Gasteiger charge is -2.30. The van der Waals surface area contributed by atoms with Crippen molar-refractivity contribution in [2.24, 2.45) is 0 Å². The van der Waals surface area contributed by atoms with Gasteiger partial charge >= 0.3 is 5.97 Å². The first-order valence-electron chi connectivity index (χ1n) is 6.62. The van der Waals surface area contributed by atoms with Gasteiger partial charge in [0.2, 0.25) is 0 Å². The van der Waals surface area contributed by atoms with Crippen LogP contribution in [0.3, 0.4) is 0 Å². The van der Waals surface area contributed by atoms with Gasteiger partial charge < -0.3 is 4.74 Å². The number of cyclic esters (lactones) is 1. The van der Waals surface area contributed by atoms with Crippen LogP contribution in [0, 0.1) is 0 Å². The smallest absolute Gasteiger partial charge is 0.307 e. The summed E-state index contributed by atoms with van der Waals surface area (Å²) >= 11 is 5.94. The van der Waals surface area contributed by atoms with Crippen LogP contribution in [0.5, 0.6) is 0 Å². The van der Waals surface area contributed by atoms with Crippen molar-refractivity contribution in [3.05, 3.63) is 70.7 Å². The number of benzene rings is 2. The summed E-state index contributed by atoms with van der Waals surface area (Å²) in [6, 6.07) is 17.5. The maximum Gasteiger partial charge on any atom is 0.307 e. The van der Waals surface area contributed by atoms with Gasteiger partial charge in [-0.15, -0.1) is 0 Å². The zero-order chi connectivity index (χ0) is 14.2. The van der Waals surface area contributed by atoms with Gasteiger partial charge in [-0.3, -0.25) is 4.79 Å². The van der Waals surface area contributed by atoms with Gasteiger partial charge in [0.05, 0.1) is 6.42 Å². The summed E-state index contributed by atoms with van der Waals surface area (Å²) in [7, 11) is 0. The van der Waals surface area contributed by atoms with E-state index in [1.54, 1.807) is 0 Å². The highest BCUT2D eigenvalue weighted by Crippen LogP contribution is 2.47. The third-order valence-electron chi connectivity index (χ3n) is 3.98. The van der Waals surface area contributed by atoms with Crippen molar-refractivity contribution in [2.45, 2.75) is 24.9 Å². The summed E-state index contributed by atoms with van der Waals surface area (Å²) in [6.07, 6.45) is 0.406. The maximum atomic E-state index is 11.8. The molecule has 0 unspecified atom stereocenters. The van der Waals surface area contributed by atoms with Crippen molar-refractivity contribution in [3.8, 4) is 0 Å². The summed E-state index contributed by atoms with van der Waals surface area (Å²) in [5.74, 6) is -0.131. The highest BCUT2D eigenvalue weighted by Gasteiger charge is 2.47. The highest BCUT2D eigenvalue weighted by molar-refractivity contribution is 6.30. The van der Waals surface area contributed by atoms with Gasteiger partial charge in [0, 0.05) is 10.9 Å². The molecule has 3 rings (SSSR count). The molecule has 2 atom stereocenters. The fraction of sp³-hybridized carbons (Fsp3) is 0.235. The minimum absolute atomic E-state index is 0.0253. The predicted molar refractivity (Wildman–Crippen MR) is 78.7 cm³/mol. The molecule has 0 bridgehead atoms. The Balaban J connectivity index is 2.05. The molecule has 3 heteroatoms. The molecular weight excluding hydrogens is 272 g/mol. The Morgan fingerprint density at radius 2 is 1.75 bits per heavy atom. The van der Waals surface area contributed by atoms with E-state index in [2.05, 4.69) is 0 Å². The minimum atomic E-state index is -0.636. The number of rotatable bonds is 2. The standard InChI is InChI=1S/C17H15ClO2/c1-17(13-7-9-14(18)10-8-13)15(11-16(19)20-17)12-5-3-2-4-6-12/h2-10,15H,11H2,1H3/t15-,17-/m0/s1. The van der Waals surface area contributed by atoms with Crippen molar-refractivity contribution in [1.82, 2.24) is 0 Å². The van der Waals surface area contributed by atoms with Gasteiger partial charge in [0.25, 0.3) is 0 Å². The van der Waals surface area contributed by atoms with Crippen LogP contribution in [-0.2, 0) is 15.1 Å². The van der Waals surface area contributed by atoms with E-state index in [1.165, 1.54) is 0 Å². The lowest BCUT2D eigenvalue weighted by molar-refractivity contribution is -0.148. The van der Waals surface area contributed by atoms with Crippen molar-refractivity contribution >= 4 is 17.6 Å². The van der Waals surface area contributed by atoms with E-state index >= 15 is 0 Å². The number of carbonyl (C=O) groups is 1. The molecule has 0 radical (unpaired) electrons. The van der Waals surface area contributed by atoms with Gasteiger partial charge in [0.1, 0.15) is 5.60 Å². The molecule has 0 saturated carbocycles. The Hall–Kier alpha value is -1.80. The zero-order valence-corrected chi connectivity index (χ0v) is 11.9. The molecule has 20 heavy (non-hydrogen) atoms. The van der Waals surface area contributed by atoms with Gasteiger partial charge in [0.15, 0.2) is 0 Å². The number of hydrogen-bond donors (Lipinski definition) is 0. The van der Waals surface area contributed by atoms with Crippen LogP contribution in [-0.4, -0.2) is 5.97 Å². The average molecular weight is 287 g/mol. The van der Waals surface area contributed by atoms with Gasteiger partial charge in [-0.05, 0) is 30.2 Å². The summed E-state index contributed by atoms with van der Waals surface area (Å²) in [5, 5.41) is 0.679. The molecule has 1 fully saturated rings. The van der Waals surface area contributed by atoms with Crippen LogP contribution in [0.2, 0.25) is 5.02 Å². The van der Waals surface area contributed by atoms with E-state index < -0.39 is 5.60 Å². The van der Waals surface area contributed by atoms with E-state index in [1.807, 2.05) is 61.5 Å². The number of hydrogen-bond acceptors (Lipinski definition) is 2.